The highest BCUT2D eigenvalue weighted by Gasteiger charge is 1.93. The Balaban J connectivity index is 0. The number of hydrogen-bond acceptors (Lipinski definition) is 3. The van der Waals surface area contributed by atoms with Crippen molar-refractivity contribution in [3.63, 3.8) is 0 Å². The monoisotopic (exact) mass is 133 g/mol. The molecule has 0 atom stereocenters. The van der Waals surface area contributed by atoms with Crippen molar-refractivity contribution in [2.24, 2.45) is 0 Å². The molecule has 0 fully saturated rings. The fourth-order valence-electron chi connectivity index (χ4n) is 0.318. The van der Waals surface area contributed by atoms with E-state index < -0.39 is 0 Å². The molecule has 0 aliphatic rings. The molecule has 0 radical (unpaired) electrons. The minimum Gasteiger partial charge on any atom is -0.466 e. The number of esters is 1. The number of hydrogen-bond donors (Lipinski definition) is 1. The lowest BCUT2D eigenvalue weighted by Gasteiger charge is -1.97. The molecule has 0 saturated carbocycles. The minimum absolute atomic E-state index is 0. The van der Waals surface area contributed by atoms with Crippen molar-refractivity contribution in [1.29, 1.82) is 0 Å². The summed E-state index contributed by atoms with van der Waals surface area (Å²) < 4.78 is 4.70. The van der Waals surface area contributed by atoms with Gasteiger partial charge in [-0.25, -0.2) is 0 Å². The first-order valence-electron chi connectivity index (χ1n) is 2.96. The summed E-state index contributed by atoms with van der Waals surface area (Å²) in [5.74, 6) is -0.105. The summed E-state index contributed by atoms with van der Waals surface area (Å²) in [6.45, 7) is 4.33. The van der Waals surface area contributed by atoms with E-state index in [0.717, 1.165) is 6.42 Å². The molecule has 0 amide bonds. The second kappa shape index (κ2) is 7.43. The number of carbonyl (C=O) groups excluding carboxylic acids is 1. The Morgan fingerprint density at radius 3 is 2.33 bits per heavy atom. The molecule has 0 heterocycles. The molecule has 3 heteroatoms. The summed E-state index contributed by atoms with van der Waals surface area (Å²) >= 11 is 0. The third-order valence-corrected chi connectivity index (χ3v) is 0.756. The van der Waals surface area contributed by atoms with Gasteiger partial charge in [0.05, 0.1) is 6.61 Å². The van der Waals surface area contributed by atoms with Gasteiger partial charge in [0.2, 0.25) is 0 Å². The summed E-state index contributed by atoms with van der Waals surface area (Å²) in [7, 11) is 0. The predicted octanol–water partition coefficient (Wildman–Crippen LogP) is 1.51. The van der Waals surface area contributed by atoms with Crippen molar-refractivity contribution in [2.75, 3.05) is 6.61 Å². The molecule has 0 saturated heterocycles. The topological polar surface area (TPSA) is 61.3 Å². The zero-order valence-corrected chi connectivity index (χ0v) is 6.14. The van der Waals surface area contributed by atoms with Gasteiger partial charge in [0.25, 0.3) is 0 Å². The van der Waals surface area contributed by atoms with Crippen molar-refractivity contribution in [1.82, 2.24) is 6.15 Å². The molecule has 0 aromatic rings. The third-order valence-electron chi connectivity index (χ3n) is 0.756. The van der Waals surface area contributed by atoms with Crippen LogP contribution in [-0.4, -0.2) is 12.6 Å². The molecular formula is C6H15NO2. The Morgan fingerprint density at radius 1 is 1.44 bits per heavy atom. The van der Waals surface area contributed by atoms with E-state index in [4.69, 9.17) is 4.74 Å². The Kier molecular flexibility index (Phi) is 9.29. The van der Waals surface area contributed by atoms with Crippen LogP contribution in [0.3, 0.4) is 0 Å². The first kappa shape index (κ1) is 11.3. The molecule has 0 aromatic heterocycles. The summed E-state index contributed by atoms with van der Waals surface area (Å²) in [6, 6.07) is 0. The lowest BCUT2D eigenvalue weighted by molar-refractivity contribution is -0.143. The lowest BCUT2D eigenvalue weighted by atomic mass is 10.5. The molecule has 3 nitrogen and oxygen atoms in total. The Hall–Kier alpha value is -0.570. The molecule has 0 aliphatic carbocycles. The van der Waals surface area contributed by atoms with Gasteiger partial charge in [-0.15, -0.1) is 0 Å². The van der Waals surface area contributed by atoms with E-state index in [1.807, 2.05) is 6.92 Å². The fourth-order valence-corrected chi connectivity index (χ4v) is 0.318. The van der Waals surface area contributed by atoms with Crippen LogP contribution in [0, 0.1) is 0 Å². The standard InChI is InChI=1S/C6H12O2.H3N/c1-3-5-8-6(7)4-2;/h3-5H2,1-2H3;1H3. The van der Waals surface area contributed by atoms with Gasteiger partial charge < -0.3 is 10.9 Å². The molecule has 0 aromatic carbocycles. The van der Waals surface area contributed by atoms with E-state index in [0.29, 0.717) is 13.0 Å². The maximum absolute atomic E-state index is 10.3. The van der Waals surface area contributed by atoms with Gasteiger partial charge in [-0.1, -0.05) is 13.8 Å². The molecular weight excluding hydrogens is 118 g/mol. The summed E-state index contributed by atoms with van der Waals surface area (Å²) in [5, 5.41) is 0. The zero-order chi connectivity index (χ0) is 6.41. The van der Waals surface area contributed by atoms with Crippen LogP contribution in [0.15, 0.2) is 0 Å². The van der Waals surface area contributed by atoms with Gasteiger partial charge in [-0.3, -0.25) is 4.79 Å². The van der Waals surface area contributed by atoms with Crippen molar-refractivity contribution < 1.29 is 9.53 Å². The van der Waals surface area contributed by atoms with Crippen LogP contribution >= 0.6 is 0 Å². The van der Waals surface area contributed by atoms with E-state index in [1.54, 1.807) is 6.92 Å². The average molecular weight is 133 g/mol. The van der Waals surface area contributed by atoms with Gasteiger partial charge in [0.15, 0.2) is 0 Å². The van der Waals surface area contributed by atoms with Crippen LogP contribution in [0.2, 0.25) is 0 Å². The number of carbonyl (C=O) groups is 1. The molecule has 0 aliphatic heterocycles. The quantitative estimate of drug-likeness (QED) is 0.593. The Labute approximate surface area is 56.0 Å². The van der Waals surface area contributed by atoms with Gasteiger partial charge >= 0.3 is 5.97 Å². The highest BCUT2D eigenvalue weighted by molar-refractivity contribution is 5.68. The number of rotatable bonds is 3. The van der Waals surface area contributed by atoms with Crippen LogP contribution in [-0.2, 0) is 9.53 Å². The molecule has 9 heavy (non-hydrogen) atoms. The molecule has 0 bridgehead atoms. The Bertz CT molecular complexity index is 73.5. The van der Waals surface area contributed by atoms with Gasteiger partial charge in [0, 0.05) is 6.42 Å². The molecule has 0 unspecified atom stereocenters. The highest BCUT2D eigenvalue weighted by Crippen LogP contribution is 1.85. The summed E-state index contributed by atoms with van der Waals surface area (Å²) in [6.07, 6.45) is 1.39. The normalized spacial score (nSPS) is 7.78. The third kappa shape index (κ3) is 7.43. The number of ether oxygens (including phenoxy) is 1. The van der Waals surface area contributed by atoms with E-state index >= 15 is 0 Å². The first-order valence-corrected chi connectivity index (χ1v) is 2.96. The van der Waals surface area contributed by atoms with Gasteiger partial charge in [-0.05, 0) is 6.42 Å². The van der Waals surface area contributed by atoms with E-state index in [2.05, 4.69) is 0 Å². The second-order valence-corrected chi connectivity index (χ2v) is 1.57. The largest absolute Gasteiger partial charge is 0.466 e. The fraction of sp³-hybridized carbons (Fsp3) is 0.833. The maximum atomic E-state index is 10.3. The predicted molar refractivity (Wildman–Crippen MR) is 36.6 cm³/mol. The maximum Gasteiger partial charge on any atom is 0.305 e. The second-order valence-electron chi connectivity index (χ2n) is 1.57. The van der Waals surface area contributed by atoms with Crippen molar-refractivity contribution in [3.8, 4) is 0 Å². The first-order chi connectivity index (χ1) is 3.81. The molecule has 0 rings (SSSR count). The van der Waals surface area contributed by atoms with Crippen LogP contribution in [0.25, 0.3) is 0 Å². The van der Waals surface area contributed by atoms with Gasteiger partial charge in [0.1, 0.15) is 0 Å². The average Bonchev–Trinajstić information content (AvgIpc) is 1.83. The van der Waals surface area contributed by atoms with Crippen LogP contribution in [0.1, 0.15) is 26.7 Å². The van der Waals surface area contributed by atoms with Crippen LogP contribution in [0.5, 0.6) is 0 Å². The van der Waals surface area contributed by atoms with Crippen LogP contribution in [0.4, 0.5) is 0 Å². The SMILES string of the molecule is CCCOC(=O)CC.N. The van der Waals surface area contributed by atoms with Crippen molar-refractivity contribution >= 4 is 5.97 Å². The smallest absolute Gasteiger partial charge is 0.305 e. The van der Waals surface area contributed by atoms with E-state index in [1.165, 1.54) is 0 Å². The van der Waals surface area contributed by atoms with Gasteiger partial charge in [-0.2, -0.15) is 0 Å². The molecule has 0 spiro atoms. The van der Waals surface area contributed by atoms with Crippen molar-refractivity contribution in [2.45, 2.75) is 26.7 Å². The van der Waals surface area contributed by atoms with E-state index in [9.17, 15) is 4.79 Å². The zero-order valence-electron chi connectivity index (χ0n) is 6.14. The Morgan fingerprint density at radius 2 is 2.00 bits per heavy atom. The van der Waals surface area contributed by atoms with Crippen LogP contribution < -0.4 is 6.15 Å². The molecule has 56 valence electrons. The summed E-state index contributed by atoms with van der Waals surface area (Å²) in [4.78, 5) is 10.3. The molecule has 3 N–H and O–H groups in total. The summed E-state index contributed by atoms with van der Waals surface area (Å²) in [5.41, 5.74) is 0. The lowest BCUT2D eigenvalue weighted by Crippen LogP contribution is -2.02. The van der Waals surface area contributed by atoms with E-state index in [-0.39, 0.29) is 12.1 Å². The minimum atomic E-state index is -0.105. The highest BCUT2D eigenvalue weighted by atomic mass is 16.5. The van der Waals surface area contributed by atoms with Crippen molar-refractivity contribution in [3.05, 3.63) is 0 Å².